The molecule has 0 atom stereocenters. The van der Waals surface area contributed by atoms with E-state index in [1.165, 1.54) is 4.90 Å². The Labute approximate surface area is 102 Å². The van der Waals surface area contributed by atoms with Crippen LogP contribution < -0.4 is 5.32 Å². The molecular formula is C10H16N4OS. The van der Waals surface area contributed by atoms with Crippen molar-refractivity contribution >= 4 is 17.3 Å². The lowest BCUT2D eigenvalue weighted by molar-refractivity contribution is 0.145. The van der Waals surface area contributed by atoms with Gasteiger partial charge in [0.2, 0.25) is 0 Å². The summed E-state index contributed by atoms with van der Waals surface area (Å²) in [6, 6.07) is 3.93. The van der Waals surface area contributed by atoms with E-state index in [4.69, 9.17) is 27.5 Å². The van der Waals surface area contributed by atoms with Crippen LogP contribution in [0.15, 0.2) is 0 Å². The van der Waals surface area contributed by atoms with Crippen LogP contribution in [-0.2, 0) is 4.74 Å². The predicted octanol–water partition coefficient (Wildman–Crippen LogP) is 0.637. The largest absolute Gasteiger partial charge is 0.382 e. The molecule has 0 aliphatic rings. The minimum atomic E-state index is 0.130. The molecule has 0 rings (SSSR count). The van der Waals surface area contributed by atoms with Crippen molar-refractivity contribution in [2.24, 2.45) is 0 Å². The fraction of sp³-hybridized carbons (Fsp3) is 0.700. The SMILES string of the molecule is CCOCCCNC(=S)N(CC#N)CC#N. The van der Waals surface area contributed by atoms with Gasteiger partial charge in [-0.15, -0.1) is 0 Å². The number of nitrogens with zero attached hydrogens (tertiary/aromatic N) is 3. The third kappa shape index (κ3) is 6.99. The molecule has 0 saturated carbocycles. The molecule has 0 fully saturated rings. The molecule has 0 amide bonds. The molecule has 0 bridgehead atoms. The summed E-state index contributed by atoms with van der Waals surface area (Å²) in [5, 5.41) is 20.5. The van der Waals surface area contributed by atoms with Crippen LogP contribution in [0, 0.1) is 22.7 Å². The highest BCUT2D eigenvalue weighted by atomic mass is 32.1. The number of hydrogen-bond acceptors (Lipinski definition) is 4. The first-order valence-corrected chi connectivity index (χ1v) is 5.51. The van der Waals surface area contributed by atoms with Gasteiger partial charge in [0.25, 0.3) is 0 Å². The lowest BCUT2D eigenvalue weighted by Gasteiger charge is -2.19. The average Bonchev–Trinajstić information content (AvgIpc) is 2.28. The zero-order chi connectivity index (χ0) is 12.2. The summed E-state index contributed by atoms with van der Waals surface area (Å²) in [7, 11) is 0. The Balaban J connectivity index is 3.76. The van der Waals surface area contributed by atoms with Gasteiger partial charge >= 0.3 is 0 Å². The summed E-state index contributed by atoms with van der Waals surface area (Å²) >= 11 is 5.06. The van der Waals surface area contributed by atoms with E-state index in [1.807, 2.05) is 19.1 Å². The molecule has 1 N–H and O–H groups in total. The van der Waals surface area contributed by atoms with E-state index in [0.29, 0.717) is 24.9 Å². The zero-order valence-electron chi connectivity index (χ0n) is 9.40. The van der Waals surface area contributed by atoms with Gasteiger partial charge in [-0.3, -0.25) is 0 Å². The predicted molar refractivity (Wildman–Crippen MR) is 64.5 cm³/mol. The molecule has 0 aliphatic carbocycles. The lowest BCUT2D eigenvalue weighted by Crippen LogP contribution is -2.40. The van der Waals surface area contributed by atoms with Gasteiger partial charge in [0.1, 0.15) is 13.1 Å². The van der Waals surface area contributed by atoms with Gasteiger partial charge < -0.3 is 15.0 Å². The number of nitrogens with one attached hydrogen (secondary N) is 1. The van der Waals surface area contributed by atoms with Crippen LogP contribution >= 0.6 is 12.2 Å². The standard InChI is InChI=1S/C10H16N4OS/c1-2-15-9-3-6-13-10(16)14(7-4-11)8-5-12/h2-3,6-9H2,1H3,(H,13,16). The van der Waals surface area contributed by atoms with Crippen molar-refractivity contribution < 1.29 is 4.74 Å². The smallest absolute Gasteiger partial charge is 0.170 e. The Morgan fingerprint density at radius 1 is 1.38 bits per heavy atom. The van der Waals surface area contributed by atoms with Crippen molar-refractivity contribution in [1.29, 1.82) is 10.5 Å². The highest BCUT2D eigenvalue weighted by Crippen LogP contribution is 1.89. The fourth-order valence-electron chi connectivity index (χ4n) is 0.996. The third-order valence-corrected chi connectivity index (χ3v) is 2.16. The molecule has 88 valence electrons. The minimum absolute atomic E-state index is 0.130. The third-order valence-electron chi connectivity index (χ3n) is 1.76. The molecule has 16 heavy (non-hydrogen) atoms. The molecule has 0 saturated heterocycles. The van der Waals surface area contributed by atoms with E-state index >= 15 is 0 Å². The number of nitriles is 2. The Morgan fingerprint density at radius 3 is 2.50 bits per heavy atom. The first-order chi connectivity index (χ1) is 7.76. The van der Waals surface area contributed by atoms with E-state index in [-0.39, 0.29) is 13.1 Å². The molecule has 0 aromatic carbocycles. The first-order valence-electron chi connectivity index (χ1n) is 5.10. The van der Waals surface area contributed by atoms with Crippen LogP contribution in [0.5, 0.6) is 0 Å². The molecule has 0 unspecified atom stereocenters. The van der Waals surface area contributed by atoms with Crippen molar-refractivity contribution in [2.45, 2.75) is 13.3 Å². The van der Waals surface area contributed by atoms with Crippen molar-refractivity contribution in [3.63, 3.8) is 0 Å². The Bertz CT molecular complexity index is 266. The highest BCUT2D eigenvalue weighted by Gasteiger charge is 2.07. The van der Waals surface area contributed by atoms with Crippen molar-refractivity contribution in [2.75, 3.05) is 32.8 Å². The van der Waals surface area contributed by atoms with Crippen molar-refractivity contribution in [1.82, 2.24) is 10.2 Å². The van der Waals surface area contributed by atoms with Crippen LogP contribution in [-0.4, -0.2) is 42.9 Å². The van der Waals surface area contributed by atoms with Gasteiger partial charge in [0.05, 0.1) is 12.1 Å². The van der Waals surface area contributed by atoms with Crippen molar-refractivity contribution in [3.05, 3.63) is 0 Å². The fourth-order valence-corrected chi connectivity index (χ4v) is 1.23. The lowest BCUT2D eigenvalue weighted by atomic mass is 10.4. The van der Waals surface area contributed by atoms with E-state index < -0.39 is 0 Å². The minimum Gasteiger partial charge on any atom is -0.382 e. The number of ether oxygens (including phenoxy) is 1. The van der Waals surface area contributed by atoms with Crippen LogP contribution in [0.1, 0.15) is 13.3 Å². The Hall–Kier alpha value is -1.37. The van der Waals surface area contributed by atoms with E-state index in [0.717, 1.165) is 6.42 Å². The molecule has 0 spiro atoms. The van der Waals surface area contributed by atoms with E-state index in [9.17, 15) is 0 Å². The molecule has 0 heterocycles. The molecule has 0 aromatic rings. The summed E-state index contributed by atoms with van der Waals surface area (Å²) in [6.45, 7) is 4.28. The van der Waals surface area contributed by atoms with Crippen LogP contribution in [0.2, 0.25) is 0 Å². The topological polar surface area (TPSA) is 72.1 Å². The van der Waals surface area contributed by atoms with Crippen LogP contribution in [0.4, 0.5) is 0 Å². The molecule has 5 nitrogen and oxygen atoms in total. The highest BCUT2D eigenvalue weighted by molar-refractivity contribution is 7.80. The zero-order valence-corrected chi connectivity index (χ0v) is 10.2. The summed E-state index contributed by atoms with van der Waals surface area (Å²) in [5.41, 5.74) is 0. The molecule has 0 aromatic heterocycles. The first kappa shape index (κ1) is 14.6. The number of rotatable bonds is 7. The van der Waals surface area contributed by atoms with Gasteiger partial charge in [0.15, 0.2) is 5.11 Å². The van der Waals surface area contributed by atoms with Gasteiger partial charge in [-0.2, -0.15) is 10.5 Å². The number of thiocarbonyl (C=S) groups is 1. The quantitative estimate of drug-likeness (QED) is 0.400. The maximum Gasteiger partial charge on any atom is 0.170 e. The van der Waals surface area contributed by atoms with Gasteiger partial charge in [-0.25, -0.2) is 0 Å². The molecule has 0 aliphatic heterocycles. The average molecular weight is 240 g/mol. The maximum atomic E-state index is 8.55. The molecule has 0 radical (unpaired) electrons. The van der Waals surface area contributed by atoms with Gasteiger partial charge in [0, 0.05) is 19.8 Å². The summed E-state index contributed by atoms with van der Waals surface area (Å²) < 4.78 is 5.17. The summed E-state index contributed by atoms with van der Waals surface area (Å²) in [4.78, 5) is 1.52. The van der Waals surface area contributed by atoms with E-state index in [1.54, 1.807) is 0 Å². The second-order valence-corrected chi connectivity index (χ2v) is 3.34. The number of hydrogen-bond donors (Lipinski definition) is 1. The van der Waals surface area contributed by atoms with E-state index in [2.05, 4.69) is 5.32 Å². The molecular weight excluding hydrogens is 224 g/mol. The molecule has 6 heteroatoms. The van der Waals surface area contributed by atoms with Gasteiger partial charge in [-0.05, 0) is 25.6 Å². The maximum absolute atomic E-state index is 8.55. The monoisotopic (exact) mass is 240 g/mol. The second-order valence-electron chi connectivity index (χ2n) is 2.95. The summed E-state index contributed by atoms with van der Waals surface area (Å²) in [6.07, 6.45) is 0.848. The van der Waals surface area contributed by atoms with Gasteiger partial charge in [-0.1, -0.05) is 0 Å². The Morgan fingerprint density at radius 2 is 2.00 bits per heavy atom. The second kappa shape index (κ2) is 10.2. The summed E-state index contributed by atoms with van der Waals surface area (Å²) in [5.74, 6) is 0. The normalized spacial score (nSPS) is 8.94. The van der Waals surface area contributed by atoms with Crippen LogP contribution in [0.3, 0.4) is 0 Å². The van der Waals surface area contributed by atoms with Crippen molar-refractivity contribution in [3.8, 4) is 12.1 Å². The van der Waals surface area contributed by atoms with Crippen LogP contribution in [0.25, 0.3) is 0 Å². The Kier molecular flexibility index (Phi) is 9.29.